The fourth-order valence-corrected chi connectivity index (χ4v) is 3.49. The Morgan fingerprint density at radius 1 is 1.00 bits per heavy atom. The van der Waals surface area contributed by atoms with Crippen molar-refractivity contribution in [3.63, 3.8) is 0 Å². The summed E-state index contributed by atoms with van der Waals surface area (Å²) in [5.41, 5.74) is 2.05. The number of carbonyl (C=O) groups is 1. The zero-order chi connectivity index (χ0) is 21.6. The van der Waals surface area contributed by atoms with Crippen LogP contribution in [0.5, 0.6) is 5.75 Å². The summed E-state index contributed by atoms with van der Waals surface area (Å²) in [6, 6.07) is 24.2. The summed E-state index contributed by atoms with van der Waals surface area (Å²) < 4.78 is 5.27. The van der Waals surface area contributed by atoms with E-state index in [4.69, 9.17) is 4.74 Å². The molecule has 6 heteroatoms. The van der Waals surface area contributed by atoms with E-state index in [2.05, 4.69) is 9.97 Å². The fourth-order valence-electron chi connectivity index (χ4n) is 3.49. The first kappa shape index (κ1) is 20.3. The van der Waals surface area contributed by atoms with E-state index in [0.29, 0.717) is 41.0 Å². The van der Waals surface area contributed by atoms with Crippen LogP contribution in [-0.4, -0.2) is 34.4 Å². The van der Waals surface area contributed by atoms with Gasteiger partial charge in [0.05, 0.1) is 24.6 Å². The molecule has 4 rings (SSSR count). The maximum atomic E-state index is 13.3. The van der Waals surface area contributed by atoms with Gasteiger partial charge in [-0.2, -0.15) is 0 Å². The lowest BCUT2D eigenvalue weighted by Crippen LogP contribution is -2.34. The second kappa shape index (κ2) is 9.26. The number of hydrogen-bond donors (Lipinski definition) is 1. The normalized spacial score (nSPS) is 10.7. The van der Waals surface area contributed by atoms with Crippen molar-refractivity contribution in [2.45, 2.75) is 13.0 Å². The van der Waals surface area contributed by atoms with Gasteiger partial charge in [-0.05, 0) is 42.3 Å². The number of nitrogens with one attached hydrogen (secondary N) is 1. The lowest BCUT2D eigenvalue weighted by molar-refractivity contribution is 0.0740. The van der Waals surface area contributed by atoms with Crippen LogP contribution in [0.25, 0.3) is 10.9 Å². The smallest absolute Gasteiger partial charge is 0.258 e. The highest BCUT2D eigenvalue weighted by Gasteiger charge is 2.18. The summed E-state index contributed by atoms with van der Waals surface area (Å²) in [5.74, 6) is 0.921. The van der Waals surface area contributed by atoms with Crippen molar-refractivity contribution >= 4 is 16.8 Å². The fraction of sp³-hybridized carbons (Fsp3) is 0.160. The van der Waals surface area contributed by atoms with Crippen molar-refractivity contribution in [1.29, 1.82) is 0 Å². The van der Waals surface area contributed by atoms with Gasteiger partial charge in [0, 0.05) is 12.1 Å². The van der Waals surface area contributed by atoms with Crippen LogP contribution >= 0.6 is 0 Å². The van der Waals surface area contributed by atoms with E-state index in [9.17, 15) is 9.59 Å². The van der Waals surface area contributed by atoms with Crippen molar-refractivity contribution in [2.24, 2.45) is 0 Å². The van der Waals surface area contributed by atoms with Gasteiger partial charge in [-0.25, -0.2) is 4.98 Å². The summed E-state index contributed by atoms with van der Waals surface area (Å²) in [5, 5.41) is 0.529. The Balaban J connectivity index is 1.64. The molecule has 1 amide bonds. The highest BCUT2D eigenvalue weighted by molar-refractivity contribution is 5.94. The molecule has 0 aliphatic rings. The summed E-state index contributed by atoms with van der Waals surface area (Å²) in [4.78, 5) is 34.9. The molecule has 31 heavy (non-hydrogen) atoms. The van der Waals surface area contributed by atoms with Gasteiger partial charge in [0.2, 0.25) is 0 Å². The molecule has 1 aromatic heterocycles. The Kier molecular flexibility index (Phi) is 6.08. The topological polar surface area (TPSA) is 75.3 Å². The van der Waals surface area contributed by atoms with Crippen molar-refractivity contribution in [3.8, 4) is 5.75 Å². The van der Waals surface area contributed by atoms with Gasteiger partial charge in [0.1, 0.15) is 11.6 Å². The number of fused-ring (bicyclic) bond motifs is 1. The third-order valence-electron chi connectivity index (χ3n) is 5.12. The van der Waals surface area contributed by atoms with Crippen molar-refractivity contribution in [1.82, 2.24) is 14.9 Å². The highest BCUT2D eigenvalue weighted by Crippen LogP contribution is 2.16. The predicted molar refractivity (Wildman–Crippen MR) is 120 cm³/mol. The quantitative estimate of drug-likeness (QED) is 0.500. The molecule has 1 N–H and O–H groups in total. The van der Waals surface area contributed by atoms with Crippen molar-refractivity contribution in [3.05, 3.63) is 106 Å². The number of aromatic amines is 1. The number of methoxy groups -OCH3 is 1. The second-order valence-corrected chi connectivity index (χ2v) is 7.22. The van der Waals surface area contributed by atoms with Gasteiger partial charge in [0.15, 0.2) is 0 Å². The van der Waals surface area contributed by atoms with Crippen LogP contribution in [0.1, 0.15) is 21.7 Å². The molecule has 0 atom stereocenters. The van der Waals surface area contributed by atoms with Crippen LogP contribution in [0.15, 0.2) is 83.7 Å². The van der Waals surface area contributed by atoms with Gasteiger partial charge in [-0.15, -0.1) is 0 Å². The first-order valence-electron chi connectivity index (χ1n) is 10.1. The van der Waals surface area contributed by atoms with E-state index < -0.39 is 0 Å². The summed E-state index contributed by atoms with van der Waals surface area (Å²) in [6.07, 6.45) is 0.689. The van der Waals surface area contributed by atoms with Crippen LogP contribution in [0.2, 0.25) is 0 Å². The average Bonchev–Trinajstić information content (AvgIpc) is 2.82. The van der Waals surface area contributed by atoms with E-state index in [1.165, 1.54) is 0 Å². The Labute approximate surface area is 180 Å². The molecule has 4 aromatic rings. The molecule has 156 valence electrons. The summed E-state index contributed by atoms with van der Waals surface area (Å²) in [6.45, 7) is 0.680. The highest BCUT2D eigenvalue weighted by atomic mass is 16.5. The zero-order valence-electron chi connectivity index (χ0n) is 17.2. The maximum absolute atomic E-state index is 13.3. The van der Waals surface area contributed by atoms with Crippen LogP contribution in [0.4, 0.5) is 0 Å². The van der Waals surface area contributed by atoms with Crippen LogP contribution in [0, 0.1) is 0 Å². The van der Waals surface area contributed by atoms with Gasteiger partial charge < -0.3 is 14.6 Å². The lowest BCUT2D eigenvalue weighted by atomic mass is 10.1. The van der Waals surface area contributed by atoms with E-state index in [-0.39, 0.29) is 18.0 Å². The SMILES string of the molecule is COc1cccc(C(=O)N(CCc2ccccc2)Cc2nc3ccccc3c(=O)[nH]2)c1. The van der Waals surface area contributed by atoms with Gasteiger partial charge >= 0.3 is 0 Å². The van der Waals surface area contributed by atoms with Crippen LogP contribution < -0.4 is 10.3 Å². The first-order valence-corrected chi connectivity index (χ1v) is 10.1. The minimum atomic E-state index is -0.211. The molecule has 0 unspecified atom stereocenters. The van der Waals surface area contributed by atoms with Crippen LogP contribution in [-0.2, 0) is 13.0 Å². The number of amides is 1. The number of para-hydroxylation sites is 1. The zero-order valence-corrected chi connectivity index (χ0v) is 17.2. The van der Waals surface area contributed by atoms with E-state index in [1.54, 1.807) is 54.5 Å². The van der Waals surface area contributed by atoms with Gasteiger partial charge in [-0.1, -0.05) is 48.5 Å². The minimum absolute atomic E-state index is 0.148. The molecular formula is C25H23N3O3. The first-order chi connectivity index (χ1) is 15.1. The van der Waals surface area contributed by atoms with E-state index in [0.717, 1.165) is 5.56 Å². The van der Waals surface area contributed by atoms with Gasteiger partial charge in [0.25, 0.3) is 11.5 Å². The number of nitrogens with zero attached hydrogens (tertiary/aromatic N) is 2. The number of hydrogen-bond acceptors (Lipinski definition) is 4. The number of carbonyl (C=O) groups excluding carboxylic acids is 1. The molecular weight excluding hydrogens is 390 g/mol. The second-order valence-electron chi connectivity index (χ2n) is 7.22. The van der Waals surface area contributed by atoms with Gasteiger partial charge in [-0.3, -0.25) is 9.59 Å². The minimum Gasteiger partial charge on any atom is -0.497 e. The Bertz CT molecular complexity index is 1250. The van der Waals surface area contributed by atoms with E-state index in [1.807, 2.05) is 36.4 Å². The summed E-state index contributed by atoms with van der Waals surface area (Å²) >= 11 is 0. The number of H-pyrrole nitrogens is 1. The molecule has 1 heterocycles. The third-order valence-corrected chi connectivity index (χ3v) is 5.12. The number of benzene rings is 3. The molecule has 0 aliphatic heterocycles. The molecule has 0 fully saturated rings. The Hall–Kier alpha value is -3.93. The molecule has 0 bridgehead atoms. The molecule has 0 saturated carbocycles. The Morgan fingerprint density at radius 2 is 1.77 bits per heavy atom. The monoisotopic (exact) mass is 413 g/mol. The van der Waals surface area contributed by atoms with Crippen molar-refractivity contribution < 1.29 is 9.53 Å². The maximum Gasteiger partial charge on any atom is 0.258 e. The third kappa shape index (κ3) is 4.80. The number of rotatable bonds is 7. The Morgan fingerprint density at radius 3 is 2.58 bits per heavy atom. The molecule has 3 aromatic carbocycles. The summed E-state index contributed by atoms with van der Waals surface area (Å²) in [7, 11) is 1.57. The largest absolute Gasteiger partial charge is 0.497 e. The molecule has 0 spiro atoms. The molecule has 0 radical (unpaired) electrons. The standard InChI is InChI=1S/C25H23N3O3/c1-31-20-11-7-10-19(16-20)25(30)28(15-14-18-8-3-2-4-9-18)17-23-26-22-13-6-5-12-21(22)24(29)27-23/h2-13,16H,14-15,17H2,1H3,(H,26,27,29). The number of ether oxygens (including phenoxy) is 1. The number of aromatic nitrogens is 2. The van der Waals surface area contributed by atoms with Crippen LogP contribution in [0.3, 0.4) is 0 Å². The molecule has 0 saturated heterocycles. The molecule has 0 aliphatic carbocycles. The lowest BCUT2D eigenvalue weighted by Gasteiger charge is -2.23. The molecule has 6 nitrogen and oxygen atoms in total. The average molecular weight is 413 g/mol. The van der Waals surface area contributed by atoms with E-state index >= 15 is 0 Å². The van der Waals surface area contributed by atoms with Crippen molar-refractivity contribution in [2.75, 3.05) is 13.7 Å². The predicted octanol–water partition coefficient (Wildman–Crippen LogP) is 3.82.